The molecule has 0 saturated heterocycles. The third kappa shape index (κ3) is 6.62. The lowest BCUT2D eigenvalue weighted by atomic mass is 10.1. The first-order valence-electron chi connectivity index (χ1n) is 9.11. The monoisotopic (exact) mass is 546 g/mol. The zero-order valence-electron chi connectivity index (χ0n) is 16.7. The molecule has 0 atom stereocenters. The van der Waals surface area contributed by atoms with Crippen LogP contribution >= 0.6 is 24.0 Å². The van der Waals surface area contributed by atoms with Crippen LogP contribution in [0.5, 0.6) is 0 Å². The number of nitrogens with zero attached hydrogens (tertiary/aromatic N) is 4. The van der Waals surface area contributed by atoms with Gasteiger partial charge in [0.15, 0.2) is 27.3 Å². The molecule has 0 unspecified atom stereocenters. The van der Waals surface area contributed by atoms with Gasteiger partial charge in [0.25, 0.3) is 0 Å². The Morgan fingerprint density at radius 2 is 1.97 bits per heavy atom. The van der Waals surface area contributed by atoms with Gasteiger partial charge in [0.05, 0.1) is 18.8 Å². The average Bonchev–Trinajstić information content (AvgIpc) is 3.08. The molecule has 30 heavy (non-hydrogen) atoms. The molecule has 8 nitrogen and oxygen atoms in total. The number of rotatable bonds is 7. The van der Waals surface area contributed by atoms with Crippen molar-refractivity contribution in [3.05, 3.63) is 65.4 Å². The SMILES string of the molecule is CCNC(=NCc1cc(F)ccc1CS(C)(=O)=O)NCc1nnc2ccccn12.I. The van der Waals surface area contributed by atoms with Crippen LogP contribution in [0.3, 0.4) is 0 Å². The molecule has 2 N–H and O–H groups in total. The van der Waals surface area contributed by atoms with E-state index in [4.69, 9.17) is 0 Å². The Hall–Kier alpha value is -2.28. The third-order valence-corrected chi connectivity index (χ3v) is 4.97. The molecule has 0 fully saturated rings. The van der Waals surface area contributed by atoms with Crippen molar-refractivity contribution in [2.75, 3.05) is 12.8 Å². The minimum absolute atomic E-state index is 0. The summed E-state index contributed by atoms with van der Waals surface area (Å²) in [7, 11) is -3.24. The first kappa shape index (κ1) is 24.0. The van der Waals surface area contributed by atoms with Crippen molar-refractivity contribution >= 4 is 45.4 Å². The Morgan fingerprint density at radius 1 is 1.17 bits per heavy atom. The minimum Gasteiger partial charge on any atom is -0.357 e. The van der Waals surface area contributed by atoms with Crippen molar-refractivity contribution < 1.29 is 12.8 Å². The van der Waals surface area contributed by atoms with E-state index in [1.165, 1.54) is 18.2 Å². The second kappa shape index (κ2) is 10.7. The molecule has 0 amide bonds. The maximum atomic E-state index is 13.7. The van der Waals surface area contributed by atoms with Crippen molar-refractivity contribution in [3.8, 4) is 0 Å². The number of halogens is 2. The fourth-order valence-electron chi connectivity index (χ4n) is 2.85. The largest absolute Gasteiger partial charge is 0.357 e. The van der Waals surface area contributed by atoms with Crippen LogP contribution in [0.15, 0.2) is 47.6 Å². The van der Waals surface area contributed by atoms with E-state index in [2.05, 4.69) is 25.8 Å². The van der Waals surface area contributed by atoms with Crippen LogP contribution in [0.2, 0.25) is 0 Å². The highest BCUT2D eigenvalue weighted by molar-refractivity contribution is 14.0. The Labute approximate surface area is 191 Å². The van der Waals surface area contributed by atoms with Crippen LogP contribution < -0.4 is 10.6 Å². The van der Waals surface area contributed by atoms with Crippen LogP contribution in [0.4, 0.5) is 4.39 Å². The van der Waals surface area contributed by atoms with Gasteiger partial charge in [-0.25, -0.2) is 17.8 Å². The topological polar surface area (TPSA) is 101 Å². The molecule has 0 aliphatic rings. The van der Waals surface area contributed by atoms with E-state index in [1.54, 1.807) is 0 Å². The quantitative estimate of drug-likeness (QED) is 0.268. The zero-order valence-corrected chi connectivity index (χ0v) is 19.8. The van der Waals surface area contributed by atoms with Gasteiger partial charge in [-0.3, -0.25) is 4.40 Å². The molecule has 3 rings (SSSR count). The van der Waals surface area contributed by atoms with Crippen molar-refractivity contribution in [2.24, 2.45) is 4.99 Å². The highest BCUT2D eigenvalue weighted by Gasteiger charge is 2.11. The summed E-state index contributed by atoms with van der Waals surface area (Å²) in [5.74, 6) is 0.637. The van der Waals surface area contributed by atoms with Crippen LogP contribution in [-0.2, 0) is 28.7 Å². The summed E-state index contributed by atoms with van der Waals surface area (Å²) in [4.78, 5) is 4.47. The standard InChI is InChI=1S/C19H23FN6O2S.HI/c1-3-21-19(23-12-18-25-24-17-6-4-5-9-26(17)18)22-11-15-10-16(20)8-7-14(15)13-29(2,27)28;/h4-10H,3,11-13H2,1-2H3,(H2,21,22,23);1H. The summed E-state index contributed by atoms with van der Waals surface area (Å²) in [6.45, 7) is 3.08. The Bertz CT molecular complexity index is 1130. The van der Waals surface area contributed by atoms with E-state index >= 15 is 0 Å². The molecule has 3 aromatic rings. The fourth-order valence-corrected chi connectivity index (χ4v) is 3.69. The number of aliphatic imine (C=N–C) groups is 1. The minimum atomic E-state index is -3.24. The summed E-state index contributed by atoms with van der Waals surface area (Å²) in [6.07, 6.45) is 3.03. The lowest BCUT2D eigenvalue weighted by molar-refractivity contribution is 0.600. The van der Waals surface area contributed by atoms with Crippen LogP contribution in [0, 0.1) is 5.82 Å². The molecule has 0 aliphatic heterocycles. The third-order valence-electron chi connectivity index (χ3n) is 4.14. The van der Waals surface area contributed by atoms with Gasteiger partial charge in [0.1, 0.15) is 5.82 Å². The maximum Gasteiger partial charge on any atom is 0.191 e. The average molecular weight is 546 g/mol. The highest BCUT2D eigenvalue weighted by atomic mass is 127. The summed E-state index contributed by atoms with van der Waals surface area (Å²) in [5, 5.41) is 14.6. The molecule has 162 valence electrons. The Balaban J connectivity index is 0.00000320. The first-order valence-corrected chi connectivity index (χ1v) is 11.2. The van der Waals surface area contributed by atoms with E-state index in [0.29, 0.717) is 30.2 Å². The second-order valence-electron chi connectivity index (χ2n) is 6.58. The molecular weight excluding hydrogens is 522 g/mol. The molecule has 0 radical (unpaired) electrons. The van der Waals surface area contributed by atoms with Gasteiger partial charge < -0.3 is 10.6 Å². The fraction of sp³-hybridized carbons (Fsp3) is 0.316. The number of guanidine groups is 1. The maximum absolute atomic E-state index is 13.7. The van der Waals surface area contributed by atoms with Gasteiger partial charge >= 0.3 is 0 Å². The van der Waals surface area contributed by atoms with Gasteiger partial charge in [-0.1, -0.05) is 12.1 Å². The van der Waals surface area contributed by atoms with Gasteiger partial charge in [-0.15, -0.1) is 34.2 Å². The highest BCUT2D eigenvalue weighted by Crippen LogP contribution is 2.15. The molecule has 0 bridgehead atoms. The van der Waals surface area contributed by atoms with E-state index in [1.807, 2.05) is 35.7 Å². The molecule has 2 heterocycles. The van der Waals surface area contributed by atoms with Crippen molar-refractivity contribution in [1.82, 2.24) is 25.2 Å². The van der Waals surface area contributed by atoms with Gasteiger partial charge in [-0.2, -0.15) is 0 Å². The molecular formula is C19H24FIN6O2S. The van der Waals surface area contributed by atoms with Gasteiger partial charge in [0, 0.05) is 19.0 Å². The van der Waals surface area contributed by atoms with Crippen molar-refractivity contribution in [2.45, 2.75) is 25.8 Å². The normalized spacial score (nSPS) is 11.9. The smallest absolute Gasteiger partial charge is 0.191 e. The van der Waals surface area contributed by atoms with E-state index < -0.39 is 15.7 Å². The Morgan fingerprint density at radius 3 is 2.70 bits per heavy atom. The number of aromatic nitrogens is 3. The predicted octanol–water partition coefficient (Wildman–Crippen LogP) is 2.29. The number of hydrogen-bond acceptors (Lipinski definition) is 5. The summed E-state index contributed by atoms with van der Waals surface area (Å²) < 4.78 is 38.9. The van der Waals surface area contributed by atoms with E-state index in [0.717, 1.165) is 17.7 Å². The van der Waals surface area contributed by atoms with Gasteiger partial charge in [-0.05, 0) is 42.3 Å². The number of nitrogens with one attached hydrogen (secondary N) is 2. The van der Waals surface area contributed by atoms with E-state index in [-0.39, 0.29) is 36.3 Å². The summed E-state index contributed by atoms with van der Waals surface area (Å²) >= 11 is 0. The van der Waals surface area contributed by atoms with Crippen LogP contribution in [0.25, 0.3) is 5.65 Å². The molecule has 11 heteroatoms. The first-order chi connectivity index (χ1) is 13.9. The predicted molar refractivity (Wildman–Crippen MR) is 125 cm³/mol. The number of benzene rings is 1. The lowest BCUT2D eigenvalue weighted by Crippen LogP contribution is -2.37. The second-order valence-corrected chi connectivity index (χ2v) is 8.72. The zero-order chi connectivity index (χ0) is 20.9. The molecule has 0 aliphatic carbocycles. The van der Waals surface area contributed by atoms with Crippen LogP contribution in [0.1, 0.15) is 23.9 Å². The number of pyridine rings is 1. The molecule has 1 aromatic carbocycles. The summed E-state index contributed by atoms with van der Waals surface area (Å²) in [5.41, 5.74) is 1.81. The number of sulfone groups is 1. The molecule has 2 aromatic heterocycles. The number of hydrogen-bond donors (Lipinski definition) is 2. The van der Waals surface area contributed by atoms with Crippen LogP contribution in [-0.4, -0.2) is 41.8 Å². The van der Waals surface area contributed by atoms with Gasteiger partial charge in [0.2, 0.25) is 0 Å². The Kier molecular flexibility index (Phi) is 8.53. The molecule has 0 spiro atoms. The molecule has 0 saturated carbocycles. The van der Waals surface area contributed by atoms with Crippen molar-refractivity contribution in [3.63, 3.8) is 0 Å². The lowest BCUT2D eigenvalue weighted by Gasteiger charge is -2.12. The summed E-state index contributed by atoms with van der Waals surface area (Å²) in [6, 6.07) is 9.71. The number of fused-ring (bicyclic) bond motifs is 1. The van der Waals surface area contributed by atoms with E-state index in [9.17, 15) is 12.8 Å². The van der Waals surface area contributed by atoms with Crippen molar-refractivity contribution in [1.29, 1.82) is 0 Å².